The third kappa shape index (κ3) is 4.18. The number of amides is 2. The van der Waals surface area contributed by atoms with E-state index in [0.29, 0.717) is 25.4 Å². The second kappa shape index (κ2) is 7.90. The average molecular weight is 367 g/mol. The Hall–Kier alpha value is -2.70. The summed E-state index contributed by atoms with van der Waals surface area (Å²) in [6, 6.07) is 3.83. The second-order valence-electron chi connectivity index (χ2n) is 7.56. The Bertz CT molecular complexity index is 769. The second-order valence-corrected chi connectivity index (χ2v) is 7.56. The van der Waals surface area contributed by atoms with Crippen molar-refractivity contribution in [2.45, 2.75) is 32.4 Å². The summed E-state index contributed by atoms with van der Waals surface area (Å²) < 4.78 is 2.11. The van der Waals surface area contributed by atoms with Crippen LogP contribution >= 0.6 is 0 Å². The Kier molecular flexibility index (Phi) is 5.18. The van der Waals surface area contributed by atoms with Gasteiger partial charge in [-0.2, -0.15) is 0 Å². The van der Waals surface area contributed by atoms with E-state index in [2.05, 4.69) is 14.5 Å². The molecule has 4 rings (SSSR count). The molecule has 0 aromatic carbocycles. The molecule has 0 bridgehead atoms. The van der Waals surface area contributed by atoms with Crippen LogP contribution in [-0.4, -0.2) is 55.8 Å². The highest BCUT2D eigenvalue weighted by atomic mass is 16.2. The van der Waals surface area contributed by atoms with Gasteiger partial charge < -0.3 is 14.4 Å². The number of hydrogen-bond donors (Lipinski definition) is 0. The number of aromatic nitrogens is 3. The standard InChI is InChI=1S/C20H25N5O2/c26-19-10-18(14-25(19)13-17-2-1-5-21-11-17)20(27)24-7-3-16(4-8-24)12-23-9-6-22-15-23/h1-2,5-6,9,11,15-16,18H,3-4,7-8,10,12-14H2/t18-/m0/s1. The first-order chi connectivity index (χ1) is 13.2. The number of likely N-dealkylation sites (tertiary alicyclic amines) is 2. The Labute approximate surface area is 159 Å². The summed E-state index contributed by atoms with van der Waals surface area (Å²) in [4.78, 5) is 37.1. The number of imidazole rings is 1. The SMILES string of the molecule is O=C1C[C@H](C(=O)N2CCC(Cn3ccnc3)CC2)CN1Cc1cccnc1. The number of piperidine rings is 1. The van der Waals surface area contributed by atoms with E-state index in [9.17, 15) is 9.59 Å². The van der Waals surface area contributed by atoms with Gasteiger partial charge in [0, 0.05) is 63.9 Å². The van der Waals surface area contributed by atoms with Gasteiger partial charge in [0.25, 0.3) is 0 Å². The maximum atomic E-state index is 12.9. The first kappa shape index (κ1) is 17.7. The fourth-order valence-electron chi connectivity index (χ4n) is 4.09. The van der Waals surface area contributed by atoms with Crippen molar-refractivity contribution >= 4 is 11.8 Å². The number of carbonyl (C=O) groups excluding carboxylic acids is 2. The quantitative estimate of drug-likeness (QED) is 0.804. The lowest BCUT2D eigenvalue weighted by Crippen LogP contribution is -2.43. The Morgan fingerprint density at radius 2 is 2.04 bits per heavy atom. The third-order valence-electron chi connectivity index (χ3n) is 5.61. The normalized spacial score (nSPS) is 21.0. The van der Waals surface area contributed by atoms with Gasteiger partial charge in [0.15, 0.2) is 0 Å². The molecule has 2 fully saturated rings. The van der Waals surface area contributed by atoms with Crippen molar-refractivity contribution in [2.75, 3.05) is 19.6 Å². The molecule has 0 N–H and O–H groups in total. The zero-order valence-corrected chi connectivity index (χ0v) is 15.4. The van der Waals surface area contributed by atoms with Crippen molar-refractivity contribution in [1.29, 1.82) is 0 Å². The molecule has 142 valence electrons. The molecule has 0 radical (unpaired) electrons. The average Bonchev–Trinajstić information content (AvgIpc) is 3.33. The van der Waals surface area contributed by atoms with Gasteiger partial charge >= 0.3 is 0 Å². The lowest BCUT2D eigenvalue weighted by molar-refractivity contribution is -0.137. The van der Waals surface area contributed by atoms with Crippen molar-refractivity contribution in [2.24, 2.45) is 11.8 Å². The van der Waals surface area contributed by atoms with Crippen LogP contribution in [0.2, 0.25) is 0 Å². The molecule has 0 unspecified atom stereocenters. The van der Waals surface area contributed by atoms with E-state index in [1.54, 1.807) is 23.5 Å². The van der Waals surface area contributed by atoms with E-state index in [1.165, 1.54) is 0 Å². The van der Waals surface area contributed by atoms with Gasteiger partial charge in [0.1, 0.15) is 0 Å². The molecule has 2 amide bonds. The van der Waals surface area contributed by atoms with Gasteiger partial charge in [-0.15, -0.1) is 0 Å². The molecule has 2 aliphatic rings. The summed E-state index contributed by atoms with van der Waals surface area (Å²) in [5.74, 6) is 0.570. The molecule has 1 atom stereocenters. The van der Waals surface area contributed by atoms with Gasteiger partial charge in [-0.05, 0) is 30.4 Å². The zero-order valence-electron chi connectivity index (χ0n) is 15.4. The maximum Gasteiger partial charge on any atom is 0.227 e. The van der Waals surface area contributed by atoms with Crippen LogP contribution in [0.5, 0.6) is 0 Å². The highest BCUT2D eigenvalue weighted by Crippen LogP contribution is 2.25. The maximum absolute atomic E-state index is 12.9. The summed E-state index contributed by atoms with van der Waals surface area (Å²) in [5, 5.41) is 0. The minimum Gasteiger partial charge on any atom is -0.342 e. The van der Waals surface area contributed by atoms with Crippen molar-refractivity contribution in [1.82, 2.24) is 24.3 Å². The monoisotopic (exact) mass is 367 g/mol. The minimum absolute atomic E-state index is 0.0622. The van der Waals surface area contributed by atoms with E-state index in [1.807, 2.05) is 29.6 Å². The Balaban J connectivity index is 1.28. The van der Waals surface area contributed by atoms with Crippen molar-refractivity contribution < 1.29 is 9.59 Å². The molecule has 27 heavy (non-hydrogen) atoms. The lowest BCUT2D eigenvalue weighted by atomic mass is 9.95. The van der Waals surface area contributed by atoms with Gasteiger partial charge in [-0.3, -0.25) is 14.6 Å². The van der Waals surface area contributed by atoms with Crippen LogP contribution in [0.3, 0.4) is 0 Å². The molecule has 2 aromatic rings. The molecule has 7 heteroatoms. The Morgan fingerprint density at radius 3 is 2.74 bits per heavy atom. The number of nitrogens with zero attached hydrogens (tertiary/aromatic N) is 5. The van der Waals surface area contributed by atoms with Gasteiger partial charge in [-0.25, -0.2) is 4.98 Å². The van der Waals surface area contributed by atoms with Crippen LogP contribution in [-0.2, 0) is 22.7 Å². The molecule has 2 aliphatic heterocycles. The molecule has 0 spiro atoms. The number of carbonyl (C=O) groups is 2. The number of rotatable bonds is 5. The van der Waals surface area contributed by atoms with Gasteiger partial charge in [0.2, 0.25) is 11.8 Å². The Morgan fingerprint density at radius 1 is 1.19 bits per heavy atom. The van der Waals surface area contributed by atoms with E-state index >= 15 is 0 Å². The lowest BCUT2D eigenvalue weighted by Gasteiger charge is -2.33. The zero-order chi connectivity index (χ0) is 18.6. The van der Waals surface area contributed by atoms with Crippen LogP contribution in [0, 0.1) is 11.8 Å². The van der Waals surface area contributed by atoms with E-state index in [-0.39, 0.29) is 17.7 Å². The summed E-state index contributed by atoms with van der Waals surface area (Å²) >= 11 is 0. The topological polar surface area (TPSA) is 71.3 Å². The van der Waals surface area contributed by atoms with Crippen molar-refractivity contribution in [3.05, 3.63) is 48.8 Å². The molecule has 0 aliphatic carbocycles. The minimum atomic E-state index is -0.209. The van der Waals surface area contributed by atoms with E-state index in [4.69, 9.17) is 0 Å². The first-order valence-corrected chi connectivity index (χ1v) is 9.60. The molecule has 7 nitrogen and oxygen atoms in total. The van der Waals surface area contributed by atoms with Crippen LogP contribution in [0.1, 0.15) is 24.8 Å². The fraction of sp³-hybridized carbons (Fsp3) is 0.500. The first-order valence-electron chi connectivity index (χ1n) is 9.60. The van der Waals surface area contributed by atoms with Crippen LogP contribution in [0.25, 0.3) is 0 Å². The summed E-state index contributed by atoms with van der Waals surface area (Å²) in [5.41, 5.74) is 0.999. The van der Waals surface area contributed by atoms with Crippen LogP contribution in [0.4, 0.5) is 0 Å². The van der Waals surface area contributed by atoms with Gasteiger partial charge in [-0.1, -0.05) is 6.07 Å². The van der Waals surface area contributed by atoms with Crippen molar-refractivity contribution in [3.8, 4) is 0 Å². The largest absolute Gasteiger partial charge is 0.342 e. The smallest absolute Gasteiger partial charge is 0.227 e. The van der Waals surface area contributed by atoms with E-state index < -0.39 is 0 Å². The summed E-state index contributed by atoms with van der Waals surface area (Å²) in [7, 11) is 0. The summed E-state index contributed by atoms with van der Waals surface area (Å²) in [6.07, 6.45) is 11.5. The summed E-state index contributed by atoms with van der Waals surface area (Å²) in [6.45, 7) is 3.57. The molecule has 0 saturated carbocycles. The molecular formula is C20H25N5O2. The predicted octanol–water partition coefficient (Wildman–Crippen LogP) is 1.57. The molecule has 4 heterocycles. The molecule has 2 saturated heterocycles. The predicted molar refractivity (Wildman–Crippen MR) is 99.3 cm³/mol. The van der Waals surface area contributed by atoms with Gasteiger partial charge in [0.05, 0.1) is 12.2 Å². The molecule has 2 aromatic heterocycles. The highest BCUT2D eigenvalue weighted by molar-refractivity contribution is 5.89. The van der Waals surface area contributed by atoms with Crippen molar-refractivity contribution in [3.63, 3.8) is 0 Å². The van der Waals surface area contributed by atoms with Crippen LogP contribution < -0.4 is 0 Å². The van der Waals surface area contributed by atoms with E-state index in [0.717, 1.165) is 38.0 Å². The number of pyridine rings is 1. The van der Waals surface area contributed by atoms with Crippen LogP contribution in [0.15, 0.2) is 43.2 Å². The highest BCUT2D eigenvalue weighted by Gasteiger charge is 2.37. The number of hydrogen-bond acceptors (Lipinski definition) is 4. The molecular weight excluding hydrogens is 342 g/mol. The fourth-order valence-corrected chi connectivity index (χ4v) is 4.09. The third-order valence-corrected chi connectivity index (χ3v) is 5.61.